The monoisotopic (exact) mass is 478 g/mol. The molecule has 0 bridgehead atoms. The molecule has 4 rings (SSSR count). The van der Waals surface area contributed by atoms with Gasteiger partial charge in [0.05, 0.1) is 0 Å². The molecule has 0 aromatic heterocycles. The lowest BCUT2D eigenvalue weighted by Gasteiger charge is -2.45. The number of piperidine rings is 1. The molecule has 7 nitrogen and oxygen atoms in total. The van der Waals surface area contributed by atoms with Crippen molar-refractivity contribution in [2.75, 3.05) is 13.2 Å². The fourth-order valence-corrected chi connectivity index (χ4v) is 5.26. The highest BCUT2D eigenvalue weighted by Crippen LogP contribution is 2.44. The lowest BCUT2D eigenvalue weighted by atomic mass is 9.82. The number of nitrogens with one attached hydrogen (secondary N) is 1. The summed E-state index contributed by atoms with van der Waals surface area (Å²) in [6.07, 6.45) is 1.17. The zero-order chi connectivity index (χ0) is 25.4. The van der Waals surface area contributed by atoms with Crippen molar-refractivity contribution in [2.45, 2.75) is 64.5 Å². The van der Waals surface area contributed by atoms with Gasteiger partial charge >= 0.3 is 12.1 Å². The van der Waals surface area contributed by atoms with Crippen LogP contribution >= 0.6 is 0 Å². The van der Waals surface area contributed by atoms with Crippen LogP contribution in [0.5, 0.6) is 0 Å². The zero-order valence-corrected chi connectivity index (χ0v) is 20.8. The quantitative estimate of drug-likeness (QED) is 0.644. The van der Waals surface area contributed by atoms with Crippen molar-refractivity contribution in [3.63, 3.8) is 0 Å². The summed E-state index contributed by atoms with van der Waals surface area (Å²) in [5.41, 5.74) is 2.56. The highest BCUT2D eigenvalue weighted by molar-refractivity contribution is 5.92. The molecule has 1 aliphatic heterocycles. The zero-order valence-electron chi connectivity index (χ0n) is 20.8. The average Bonchev–Trinajstić information content (AvgIpc) is 3.14. The first kappa shape index (κ1) is 24.8. The third-order valence-corrected chi connectivity index (χ3v) is 7.34. The third-order valence-electron chi connectivity index (χ3n) is 7.34. The molecule has 186 valence electrons. The Morgan fingerprint density at radius 1 is 1.06 bits per heavy atom. The van der Waals surface area contributed by atoms with E-state index in [4.69, 9.17) is 4.74 Å². The van der Waals surface area contributed by atoms with Crippen LogP contribution in [0.4, 0.5) is 4.79 Å². The minimum absolute atomic E-state index is 0.0886. The van der Waals surface area contributed by atoms with Gasteiger partial charge in [0.15, 0.2) is 0 Å². The minimum Gasteiger partial charge on any atom is -0.480 e. The van der Waals surface area contributed by atoms with Gasteiger partial charge in [-0.2, -0.15) is 0 Å². The molecule has 2 aromatic rings. The van der Waals surface area contributed by atoms with E-state index in [9.17, 15) is 19.5 Å². The normalized spacial score (nSPS) is 20.5. The van der Waals surface area contributed by atoms with E-state index in [1.807, 2.05) is 57.2 Å². The standard InChI is InChI=1S/C28H34N2O5/c1-27(2,3)23(24(31)30-16-10-9-15-28(30,4)25(32)33)29-26(34)35-17-22-20-13-7-5-11-18(20)19-12-6-8-14-21(19)22/h5-8,11-14,22-23H,9-10,15-17H2,1-4H3,(H,29,34)(H,32,33)/t23-,28?/m0/s1. The predicted molar refractivity (Wildman–Crippen MR) is 133 cm³/mol. The number of ether oxygens (including phenoxy) is 1. The molecule has 35 heavy (non-hydrogen) atoms. The summed E-state index contributed by atoms with van der Waals surface area (Å²) < 4.78 is 5.67. The van der Waals surface area contributed by atoms with E-state index in [1.165, 1.54) is 4.90 Å². The maximum atomic E-state index is 13.6. The Morgan fingerprint density at radius 3 is 2.17 bits per heavy atom. The minimum atomic E-state index is -1.29. The second-order valence-electron chi connectivity index (χ2n) is 10.8. The molecule has 2 amide bonds. The van der Waals surface area contributed by atoms with Crippen molar-refractivity contribution in [3.8, 4) is 11.1 Å². The Bertz CT molecular complexity index is 1090. The van der Waals surface area contributed by atoms with Crippen LogP contribution in [0, 0.1) is 5.41 Å². The maximum Gasteiger partial charge on any atom is 0.407 e. The Hall–Kier alpha value is -3.35. The highest BCUT2D eigenvalue weighted by Gasteiger charge is 2.48. The Balaban J connectivity index is 1.50. The van der Waals surface area contributed by atoms with Crippen LogP contribution in [-0.2, 0) is 14.3 Å². The van der Waals surface area contributed by atoms with Crippen molar-refractivity contribution in [2.24, 2.45) is 5.41 Å². The first-order valence-electron chi connectivity index (χ1n) is 12.2. The van der Waals surface area contributed by atoms with Gasteiger partial charge in [-0.05, 0) is 53.9 Å². The van der Waals surface area contributed by atoms with Crippen molar-refractivity contribution in [3.05, 3.63) is 59.7 Å². The number of aliphatic carboxylic acids is 1. The van der Waals surface area contributed by atoms with Gasteiger partial charge < -0.3 is 20.1 Å². The number of nitrogens with zero attached hydrogens (tertiary/aromatic N) is 1. The van der Waals surface area contributed by atoms with Gasteiger partial charge in [0.1, 0.15) is 18.2 Å². The van der Waals surface area contributed by atoms with Gasteiger partial charge in [-0.25, -0.2) is 9.59 Å². The summed E-state index contributed by atoms with van der Waals surface area (Å²) in [4.78, 5) is 40.0. The van der Waals surface area contributed by atoms with E-state index in [0.29, 0.717) is 13.0 Å². The first-order chi connectivity index (χ1) is 16.5. The van der Waals surface area contributed by atoms with E-state index in [2.05, 4.69) is 17.4 Å². The summed E-state index contributed by atoms with van der Waals surface area (Å²) in [6.45, 7) is 7.62. The van der Waals surface area contributed by atoms with E-state index in [0.717, 1.165) is 35.1 Å². The van der Waals surface area contributed by atoms with Crippen molar-refractivity contribution in [1.29, 1.82) is 0 Å². The molecule has 7 heteroatoms. The van der Waals surface area contributed by atoms with Gasteiger partial charge in [0.25, 0.3) is 0 Å². The number of carbonyl (C=O) groups excluding carboxylic acids is 2. The number of hydrogen-bond acceptors (Lipinski definition) is 4. The average molecular weight is 479 g/mol. The van der Waals surface area contributed by atoms with Crippen LogP contribution in [0.3, 0.4) is 0 Å². The van der Waals surface area contributed by atoms with Gasteiger partial charge in [0.2, 0.25) is 5.91 Å². The molecule has 0 radical (unpaired) electrons. The first-order valence-corrected chi connectivity index (χ1v) is 12.2. The number of carboxylic acids is 1. The second-order valence-corrected chi connectivity index (χ2v) is 10.8. The van der Waals surface area contributed by atoms with Gasteiger partial charge in [-0.3, -0.25) is 4.79 Å². The molecule has 0 saturated carbocycles. The maximum absolute atomic E-state index is 13.6. The number of carboxylic acid groups (broad SMARTS) is 1. The van der Waals surface area contributed by atoms with Crippen molar-refractivity contribution >= 4 is 18.0 Å². The van der Waals surface area contributed by atoms with E-state index in [1.54, 1.807) is 6.92 Å². The van der Waals surface area contributed by atoms with Crippen LogP contribution in [0.2, 0.25) is 0 Å². The molecular formula is C28H34N2O5. The number of rotatable bonds is 5. The van der Waals surface area contributed by atoms with Crippen LogP contribution in [0.15, 0.2) is 48.5 Å². The summed E-state index contributed by atoms with van der Waals surface area (Å²) in [6, 6.07) is 15.3. The summed E-state index contributed by atoms with van der Waals surface area (Å²) in [7, 11) is 0. The van der Waals surface area contributed by atoms with Crippen LogP contribution in [0.1, 0.15) is 64.0 Å². The third kappa shape index (κ3) is 4.64. The van der Waals surface area contributed by atoms with Crippen LogP contribution < -0.4 is 5.32 Å². The number of benzene rings is 2. The highest BCUT2D eigenvalue weighted by atomic mass is 16.5. The van der Waals surface area contributed by atoms with E-state index < -0.39 is 35.0 Å². The molecular weight excluding hydrogens is 444 g/mol. The number of alkyl carbamates (subject to hydrolysis) is 1. The Morgan fingerprint density at radius 2 is 1.63 bits per heavy atom. The smallest absolute Gasteiger partial charge is 0.407 e. The largest absolute Gasteiger partial charge is 0.480 e. The fraction of sp³-hybridized carbons (Fsp3) is 0.464. The molecule has 1 aliphatic carbocycles. The summed E-state index contributed by atoms with van der Waals surface area (Å²) in [5, 5.41) is 12.6. The number of likely N-dealkylation sites (tertiary alicyclic amines) is 1. The van der Waals surface area contributed by atoms with Gasteiger partial charge in [0, 0.05) is 12.5 Å². The summed E-state index contributed by atoms with van der Waals surface area (Å²) >= 11 is 0. The fourth-order valence-electron chi connectivity index (χ4n) is 5.26. The topological polar surface area (TPSA) is 95.9 Å². The molecule has 1 unspecified atom stereocenters. The molecule has 1 heterocycles. The van der Waals surface area contributed by atoms with Gasteiger partial charge in [-0.1, -0.05) is 69.3 Å². The van der Waals surface area contributed by atoms with Crippen LogP contribution in [0.25, 0.3) is 11.1 Å². The van der Waals surface area contributed by atoms with E-state index >= 15 is 0 Å². The van der Waals surface area contributed by atoms with Crippen LogP contribution in [-0.4, -0.2) is 52.7 Å². The molecule has 1 saturated heterocycles. The molecule has 2 atom stereocenters. The van der Waals surface area contributed by atoms with Crippen molar-refractivity contribution < 1.29 is 24.2 Å². The number of fused-ring (bicyclic) bond motifs is 3. The number of hydrogen-bond donors (Lipinski definition) is 2. The predicted octanol–water partition coefficient (Wildman–Crippen LogP) is 4.80. The lowest BCUT2D eigenvalue weighted by molar-refractivity contribution is -0.163. The Labute approximate surface area is 206 Å². The summed E-state index contributed by atoms with van der Waals surface area (Å²) in [5.74, 6) is -1.51. The van der Waals surface area contributed by atoms with Crippen molar-refractivity contribution in [1.82, 2.24) is 10.2 Å². The van der Waals surface area contributed by atoms with Gasteiger partial charge in [-0.15, -0.1) is 0 Å². The molecule has 2 aromatic carbocycles. The lowest BCUT2D eigenvalue weighted by Crippen LogP contribution is -2.64. The number of amides is 2. The SMILES string of the molecule is CC(C)(C)[C@@H](NC(=O)OCC1c2ccccc2-c2ccccc21)C(=O)N1CCCCC1(C)C(=O)O. The molecule has 0 spiro atoms. The Kier molecular flexibility index (Phi) is 6.62. The second kappa shape index (κ2) is 9.36. The molecule has 2 aliphatic rings. The molecule has 2 N–H and O–H groups in total. The molecule has 1 fully saturated rings. The number of carbonyl (C=O) groups is 3. The van der Waals surface area contributed by atoms with E-state index in [-0.39, 0.29) is 12.5 Å².